The van der Waals surface area contributed by atoms with Crippen LogP contribution in [0.5, 0.6) is 11.5 Å². The number of benzene rings is 1. The summed E-state index contributed by atoms with van der Waals surface area (Å²) in [4.78, 5) is 29.4. The molecule has 1 aliphatic rings. The van der Waals surface area contributed by atoms with E-state index in [0.29, 0.717) is 24.6 Å². The van der Waals surface area contributed by atoms with Gasteiger partial charge in [0.2, 0.25) is 18.6 Å². The quantitative estimate of drug-likeness (QED) is 0.861. The van der Waals surface area contributed by atoms with E-state index in [0.717, 1.165) is 11.1 Å². The van der Waals surface area contributed by atoms with Gasteiger partial charge in [-0.3, -0.25) is 14.6 Å². The van der Waals surface area contributed by atoms with Crippen molar-refractivity contribution in [2.24, 2.45) is 0 Å². The Kier molecular flexibility index (Phi) is 5.13. The number of amides is 2. The Labute approximate surface area is 145 Å². The summed E-state index contributed by atoms with van der Waals surface area (Å²) in [6.07, 6.45) is 3.32. The van der Waals surface area contributed by atoms with Gasteiger partial charge in [0.25, 0.3) is 0 Å². The van der Waals surface area contributed by atoms with Crippen LogP contribution >= 0.6 is 0 Å². The van der Waals surface area contributed by atoms with Crippen LogP contribution in [0.15, 0.2) is 42.7 Å². The van der Waals surface area contributed by atoms with Gasteiger partial charge < -0.3 is 19.7 Å². The van der Waals surface area contributed by atoms with Crippen LogP contribution in [-0.4, -0.2) is 35.0 Å². The Bertz CT molecular complexity index is 764. The van der Waals surface area contributed by atoms with E-state index in [2.05, 4.69) is 10.3 Å². The fourth-order valence-electron chi connectivity index (χ4n) is 2.47. The molecule has 2 amide bonds. The molecule has 0 radical (unpaired) electrons. The van der Waals surface area contributed by atoms with E-state index in [-0.39, 0.29) is 25.2 Å². The number of carbonyl (C=O) groups is 2. The van der Waals surface area contributed by atoms with Gasteiger partial charge in [0.05, 0.1) is 6.54 Å². The average molecular weight is 341 g/mol. The first-order valence-corrected chi connectivity index (χ1v) is 7.91. The molecule has 2 aromatic rings. The van der Waals surface area contributed by atoms with Crippen LogP contribution in [0.4, 0.5) is 0 Å². The molecule has 3 rings (SSSR count). The van der Waals surface area contributed by atoms with Gasteiger partial charge in [0, 0.05) is 32.4 Å². The molecule has 1 aromatic heterocycles. The second kappa shape index (κ2) is 7.65. The lowest BCUT2D eigenvalue weighted by atomic mass is 10.2. The van der Waals surface area contributed by atoms with Crippen LogP contribution in [0, 0.1) is 0 Å². The van der Waals surface area contributed by atoms with Crippen molar-refractivity contribution >= 4 is 11.8 Å². The summed E-state index contributed by atoms with van der Waals surface area (Å²) in [6.45, 7) is 2.40. The average Bonchev–Trinajstić information content (AvgIpc) is 3.08. The molecule has 0 atom stereocenters. The summed E-state index contributed by atoms with van der Waals surface area (Å²) >= 11 is 0. The lowest BCUT2D eigenvalue weighted by molar-refractivity contribution is -0.135. The summed E-state index contributed by atoms with van der Waals surface area (Å²) in [5.74, 6) is 1.00. The molecule has 0 aliphatic carbocycles. The van der Waals surface area contributed by atoms with Gasteiger partial charge in [-0.25, -0.2) is 0 Å². The smallest absolute Gasteiger partial charge is 0.239 e. The molecule has 7 heteroatoms. The van der Waals surface area contributed by atoms with Crippen LogP contribution in [0.1, 0.15) is 18.1 Å². The van der Waals surface area contributed by atoms with Crippen LogP contribution in [0.25, 0.3) is 0 Å². The molecular weight excluding hydrogens is 322 g/mol. The minimum absolute atomic E-state index is 0.00219. The number of hydrogen-bond acceptors (Lipinski definition) is 5. The summed E-state index contributed by atoms with van der Waals surface area (Å²) in [5.41, 5.74) is 1.83. The third-order valence-corrected chi connectivity index (χ3v) is 3.83. The van der Waals surface area contributed by atoms with Gasteiger partial charge in [0.1, 0.15) is 0 Å². The number of fused-ring (bicyclic) bond motifs is 1. The van der Waals surface area contributed by atoms with Crippen LogP contribution in [0.2, 0.25) is 0 Å². The van der Waals surface area contributed by atoms with Gasteiger partial charge >= 0.3 is 0 Å². The molecule has 0 saturated heterocycles. The number of hydrogen-bond donors (Lipinski definition) is 1. The standard InChI is InChI=1S/C18H19N3O4/c1-13(22)21(10-14-4-6-19-7-5-14)11-18(23)20-9-15-2-3-16-17(8-15)25-12-24-16/h2-8H,9-12H2,1H3,(H,20,23). The Balaban J connectivity index is 1.54. The van der Waals surface area contributed by atoms with Crippen molar-refractivity contribution in [3.8, 4) is 11.5 Å². The van der Waals surface area contributed by atoms with Crippen molar-refractivity contribution in [1.29, 1.82) is 0 Å². The van der Waals surface area contributed by atoms with E-state index in [1.165, 1.54) is 11.8 Å². The van der Waals surface area contributed by atoms with Crippen molar-refractivity contribution < 1.29 is 19.1 Å². The number of carbonyl (C=O) groups excluding carboxylic acids is 2. The molecule has 0 spiro atoms. The van der Waals surface area contributed by atoms with Crippen LogP contribution in [-0.2, 0) is 22.7 Å². The molecule has 25 heavy (non-hydrogen) atoms. The van der Waals surface area contributed by atoms with E-state index in [9.17, 15) is 9.59 Å². The van der Waals surface area contributed by atoms with Gasteiger partial charge in [-0.1, -0.05) is 6.07 Å². The monoisotopic (exact) mass is 341 g/mol. The van der Waals surface area contributed by atoms with E-state index < -0.39 is 0 Å². The molecular formula is C18H19N3O4. The van der Waals surface area contributed by atoms with Gasteiger partial charge in [-0.15, -0.1) is 0 Å². The van der Waals surface area contributed by atoms with Gasteiger partial charge in [-0.2, -0.15) is 0 Å². The van der Waals surface area contributed by atoms with Gasteiger partial charge in [-0.05, 0) is 35.4 Å². The largest absolute Gasteiger partial charge is 0.454 e. The Morgan fingerprint density at radius 3 is 2.64 bits per heavy atom. The third kappa shape index (κ3) is 4.47. The first-order valence-electron chi connectivity index (χ1n) is 7.91. The zero-order chi connectivity index (χ0) is 17.6. The lowest BCUT2D eigenvalue weighted by Gasteiger charge is -2.20. The maximum atomic E-state index is 12.2. The maximum Gasteiger partial charge on any atom is 0.239 e. The Morgan fingerprint density at radius 2 is 1.88 bits per heavy atom. The molecule has 1 N–H and O–H groups in total. The third-order valence-electron chi connectivity index (χ3n) is 3.83. The molecule has 0 fully saturated rings. The van der Waals surface area contributed by atoms with E-state index >= 15 is 0 Å². The van der Waals surface area contributed by atoms with E-state index in [1.807, 2.05) is 30.3 Å². The summed E-state index contributed by atoms with van der Waals surface area (Å²) in [5, 5.41) is 2.82. The highest BCUT2D eigenvalue weighted by molar-refractivity contribution is 5.83. The lowest BCUT2D eigenvalue weighted by Crippen LogP contribution is -2.39. The SMILES string of the molecule is CC(=O)N(CC(=O)NCc1ccc2c(c1)OCO2)Cc1ccncc1. The van der Waals surface area contributed by atoms with Crippen LogP contribution in [0.3, 0.4) is 0 Å². The first-order chi connectivity index (χ1) is 12.1. The Hall–Kier alpha value is -3.09. The van der Waals surface area contributed by atoms with Crippen molar-refractivity contribution in [1.82, 2.24) is 15.2 Å². The molecule has 0 saturated carbocycles. The minimum Gasteiger partial charge on any atom is -0.454 e. The number of nitrogens with one attached hydrogen (secondary N) is 1. The predicted molar refractivity (Wildman–Crippen MR) is 89.7 cm³/mol. The highest BCUT2D eigenvalue weighted by Gasteiger charge is 2.16. The van der Waals surface area contributed by atoms with Crippen molar-refractivity contribution in [3.63, 3.8) is 0 Å². The van der Waals surface area contributed by atoms with Crippen LogP contribution < -0.4 is 14.8 Å². The number of nitrogens with zero attached hydrogens (tertiary/aromatic N) is 2. The molecule has 1 aromatic carbocycles. The molecule has 7 nitrogen and oxygen atoms in total. The number of rotatable bonds is 6. The van der Waals surface area contributed by atoms with Crippen molar-refractivity contribution in [2.75, 3.05) is 13.3 Å². The summed E-state index contributed by atoms with van der Waals surface area (Å²) in [6, 6.07) is 9.16. The fourth-order valence-corrected chi connectivity index (χ4v) is 2.47. The van der Waals surface area contributed by atoms with Crippen molar-refractivity contribution in [2.45, 2.75) is 20.0 Å². The Morgan fingerprint density at radius 1 is 1.12 bits per heavy atom. The zero-order valence-corrected chi connectivity index (χ0v) is 13.9. The number of pyridine rings is 1. The minimum atomic E-state index is -0.220. The second-order valence-electron chi connectivity index (χ2n) is 5.69. The highest BCUT2D eigenvalue weighted by Crippen LogP contribution is 2.32. The van der Waals surface area contributed by atoms with Gasteiger partial charge in [0.15, 0.2) is 11.5 Å². The highest BCUT2D eigenvalue weighted by atomic mass is 16.7. The van der Waals surface area contributed by atoms with E-state index in [4.69, 9.17) is 9.47 Å². The second-order valence-corrected chi connectivity index (χ2v) is 5.69. The maximum absolute atomic E-state index is 12.2. The molecule has 0 unspecified atom stereocenters. The molecule has 0 bridgehead atoms. The summed E-state index contributed by atoms with van der Waals surface area (Å²) < 4.78 is 10.6. The normalized spacial score (nSPS) is 11.9. The topological polar surface area (TPSA) is 80.8 Å². The zero-order valence-electron chi connectivity index (χ0n) is 13.9. The molecule has 2 heterocycles. The summed E-state index contributed by atoms with van der Waals surface area (Å²) in [7, 11) is 0. The predicted octanol–water partition coefficient (Wildman–Crippen LogP) is 1.48. The fraction of sp³-hybridized carbons (Fsp3) is 0.278. The van der Waals surface area contributed by atoms with E-state index in [1.54, 1.807) is 12.4 Å². The molecule has 1 aliphatic heterocycles. The first kappa shape index (κ1) is 16.8. The number of ether oxygens (including phenoxy) is 2. The van der Waals surface area contributed by atoms with Crippen molar-refractivity contribution in [3.05, 3.63) is 53.9 Å². The molecule has 130 valence electrons. The number of aromatic nitrogens is 1.